The molecule has 1 aliphatic heterocycles. The lowest BCUT2D eigenvalue weighted by molar-refractivity contribution is -0.133. The minimum atomic E-state index is -0.570. The molecular formula is C16H25N3O3. The molecule has 1 aliphatic rings. The fourth-order valence-electron chi connectivity index (χ4n) is 1.90. The second-order valence-electron chi connectivity index (χ2n) is 6.15. The quantitative estimate of drug-likeness (QED) is 0.753. The molecule has 0 radical (unpaired) electrons. The molecule has 6 heteroatoms. The Bertz CT molecular complexity index is 515. The van der Waals surface area contributed by atoms with E-state index in [1.807, 2.05) is 13.0 Å². The first kappa shape index (κ1) is 17.9. The van der Waals surface area contributed by atoms with Crippen molar-refractivity contribution in [2.75, 3.05) is 19.6 Å². The number of hydrogen-bond donors (Lipinski definition) is 0. The molecular weight excluding hydrogens is 282 g/mol. The third-order valence-corrected chi connectivity index (χ3v) is 2.90. The summed E-state index contributed by atoms with van der Waals surface area (Å²) in [6.45, 7) is 13.6. The average molecular weight is 307 g/mol. The minimum Gasteiger partial charge on any atom is -0.444 e. The van der Waals surface area contributed by atoms with Crippen molar-refractivity contribution in [3.63, 3.8) is 0 Å². The van der Waals surface area contributed by atoms with Gasteiger partial charge in [-0.1, -0.05) is 12.7 Å². The van der Waals surface area contributed by atoms with Crippen molar-refractivity contribution in [3.05, 3.63) is 24.0 Å². The van der Waals surface area contributed by atoms with Gasteiger partial charge in [0.05, 0.1) is 11.9 Å². The highest BCUT2D eigenvalue weighted by molar-refractivity contribution is 5.91. The van der Waals surface area contributed by atoms with Crippen LogP contribution in [0.4, 0.5) is 4.79 Å². The van der Waals surface area contributed by atoms with Crippen molar-refractivity contribution >= 4 is 18.2 Å². The number of ether oxygens (including phenoxy) is 1. The highest BCUT2D eigenvalue weighted by Gasteiger charge is 2.31. The van der Waals surface area contributed by atoms with E-state index in [1.165, 1.54) is 4.90 Å². The van der Waals surface area contributed by atoms with Crippen molar-refractivity contribution in [3.8, 4) is 0 Å². The summed E-state index contributed by atoms with van der Waals surface area (Å²) in [5, 5.41) is 0. The van der Waals surface area contributed by atoms with Crippen LogP contribution in [0.25, 0.3) is 0 Å². The molecule has 0 unspecified atom stereocenters. The molecule has 1 rings (SSSR count). The Labute approximate surface area is 132 Å². The second kappa shape index (κ2) is 7.24. The molecule has 0 saturated carbocycles. The molecule has 6 nitrogen and oxygen atoms in total. The molecule has 2 amide bonds. The Morgan fingerprint density at radius 2 is 2.00 bits per heavy atom. The molecule has 1 saturated heterocycles. The number of carbonyl (C=O) groups is 2. The molecule has 22 heavy (non-hydrogen) atoms. The number of carbonyl (C=O) groups excluding carboxylic acids is 2. The molecule has 0 aromatic heterocycles. The number of piperazine rings is 1. The van der Waals surface area contributed by atoms with E-state index in [-0.39, 0.29) is 12.5 Å². The summed E-state index contributed by atoms with van der Waals surface area (Å²) >= 11 is 0. The van der Waals surface area contributed by atoms with E-state index in [2.05, 4.69) is 11.6 Å². The largest absolute Gasteiger partial charge is 0.444 e. The molecule has 0 N–H and O–H groups in total. The Morgan fingerprint density at radius 3 is 2.45 bits per heavy atom. The van der Waals surface area contributed by atoms with E-state index < -0.39 is 11.7 Å². The van der Waals surface area contributed by atoms with Gasteiger partial charge in [0.15, 0.2) is 0 Å². The standard InChI is InChI=1S/C16H25N3O3/c1-7-13(10-17-12(2)3)19-9-8-18(11-14(19)20)15(21)22-16(4,5)6/h7,10H,2,8-9,11H2,1,3-6H3/b13-7+,17-10?. The summed E-state index contributed by atoms with van der Waals surface area (Å²) < 4.78 is 5.29. The van der Waals surface area contributed by atoms with Gasteiger partial charge in [-0.25, -0.2) is 4.79 Å². The van der Waals surface area contributed by atoms with Crippen LogP contribution in [0.1, 0.15) is 34.6 Å². The fourth-order valence-corrected chi connectivity index (χ4v) is 1.90. The summed E-state index contributed by atoms with van der Waals surface area (Å²) in [4.78, 5) is 31.4. The van der Waals surface area contributed by atoms with Crippen LogP contribution in [0.15, 0.2) is 29.0 Å². The van der Waals surface area contributed by atoms with Crippen molar-refractivity contribution < 1.29 is 14.3 Å². The Morgan fingerprint density at radius 1 is 1.36 bits per heavy atom. The summed E-state index contributed by atoms with van der Waals surface area (Å²) in [5.41, 5.74) is 0.802. The topological polar surface area (TPSA) is 62.2 Å². The first-order chi connectivity index (χ1) is 10.1. The highest BCUT2D eigenvalue weighted by Crippen LogP contribution is 2.14. The Balaban J connectivity index is 2.72. The smallest absolute Gasteiger partial charge is 0.410 e. The normalized spacial score (nSPS) is 17.1. The monoisotopic (exact) mass is 307 g/mol. The van der Waals surface area contributed by atoms with Gasteiger partial charge in [-0.15, -0.1) is 0 Å². The number of nitrogens with zero attached hydrogens (tertiary/aromatic N) is 3. The van der Waals surface area contributed by atoms with E-state index in [9.17, 15) is 9.59 Å². The zero-order valence-corrected chi connectivity index (χ0v) is 14.0. The predicted molar refractivity (Wildman–Crippen MR) is 86.6 cm³/mol. The number of amides is 2. The van der Waals surface area contributed by atoms with Crippen LogP contribution in [0.3, 0.4) is 0 Å². The van der Waals surface area contributed by atoms with Crippen LogP contribution < -0.4 is 0 Å². The molecule has 0 atom stereocenters. The van der Waals surface area contributed by atoms with Crippen LogP contribution in [-0.4, -0.2) is 53.3 Å². The lowest BCUT2D eigenvalue weighted by Crippen LogP contribution is -2.52. The van der Waals surface area contributed by atoms with Crippen LogP contribution in [-0.2, 0) is 9.53 Å². The molecule has 0 aromatic rings. The number of rotatable bonds is 3. The number of aliphatic imine (C=N–C) groups is 1. The molecule has 0 aliphatic carbocycles. The maximum Gasteiger partial charge on any atom is 0.410 e. The zero-order chi connectivity index (χ0) is 16.9. The number of allylic oxidation sites excluding steroid dienone is 3. The summed E-state index contributed by atoms with van der Waals surface area (Å²) in [6, 6.07) is 0. The molecule has 0 spiro atoms. The number of hydrogen-bond acceptors (Lipinski definition) is 4. The first-order valence-electron chi connectivity index (χ1n) is 7.28. The van der Waals surface area contributed by atoms with Crippen LogP contribution in [0, 0.1) is 0 Å². The van der Waals surface area contributed by atoms with Crippen LogP contribution in [0.5, 0.6) is 0 Å². The summed E-state index contributed by atoms with van der Waals surface area (Å²) in [5.74, 6) is -0.154. The maximum atomic E-state index is 12.3. The van der Waals surface area contributed by atoms with Gasteiger partial charge >= 0.3 is 6.09 Å². The van der Waals surface area contributed by atoms with Crippen molar-refractivity contribution in [1.82, 2.24) is 9.80 Å². The predicted octanol–water partition coefficient (Wildman–Crippen LogP) is 2.57. The zero-order valence-electron chi connectivity index (χ0n) is 14.0. The van der Waals surface area contributed by atoms with Crippen molar-refractivity contribution in [2.45, 2.75) is 40.2 Å². The van der Waals surface area contributed by atoms with E-state index in [0.29, 0.717) is 24.5 Å². The minimum absolute atomic E-state index is 0.00711. The lowest BCUT2D eigenvalue weighted by Gasteiger charge is -2.35. The lowest BCUT2D eigenvalue weighted by atomic mass is 10.2. The van der Waals surface area contributed by atoms with Gasteiger partial charge in [-0.2, -0.15) is 0 Å². The van der Waals surface area contributed by atoms with E-state index in [4.69, 9.17) is 4.74 Å². The SMILES string of the molecule is C=C(C)N=C/C(=C\C)N1CCN(C(=O)OC(C)(C)C)CC1=O. The Kier molecular flexibility index (Phi) is 5.91. The Hall–Kier alpha value is -2.11. The highest BCUT2D eigenvalue weighted by atomic mass is 16.6. The van der Waals surface area contributed by atoms with Crippen molar-refractivity contribution in [1.29, 1.82) is 0 Å². The molecule has 122 valence electrons. The van der Waals surface area contributed by atoms with Gasteiger partial charge in [0, 0.05) is 18.8 Å². The third-order valence-electron chi connectivity index (χ3n) is 2.90. The van der Waals surface area contributed by atoms with Gasteiger partial charge in [-0.3, -0.25) is 14.7 Å². The molecule has 0 bridgehead atoms. The van der Waals surface area contributed by atoms with Crippen LogP contribution in [0.2, 0.25) is 0 Å². The molecule has 1 fully saturated rings. The van der Waals surface area contributed by atoms with E-state index in [0.717, 1.165) is 0 Å². The third kappa shape index (κ3) is 5.35. The maximum absolute atomic E-state index is 12.3. The second-order valence-corrected chi connectivity index (χ2v) is 6.15. The fraction of sp³-hybridized carbons (Fsp3) is 0.562. The van der Waals surface area contributed by atoms with Gasteiger partial charge in [0.1, 0.15) is 12.1 Å². The van der Waals surface area contributed by atoms with Gasteiger partial charge < -0.3 is 9.64 Å². The molecule has 0 aromatic carbocycles. The van der Waals surface area contributed by atoms with Crippen molar-refractivity contribution in [2.24, 2.45) is 4.99 Å². The van der Waals surface area contributed by atoms with Crippen LogP contribution >= 0.6 is 0 Å². The van der Waals surface area contributed by atoms with Gasteiger partial charge in [0.2, 0.25) is 5.91 Å². The van der Waals surface area contributed by atoms with E-state index >= 15 is 0 Å². The van der Waals surface area contributed by atoms with Gasteiger partial charge in [-0.05, 0) is 34.6 Å². The van der Waals surface area contributed by atoms with Gasteiger partial charge in [0.25, 0.3) is 0 Å². The molecule has 1 heterocycles. The summed E-state index contributed by atoms with van der Waals surface area (Å²) in [7, 11) is 0. The average Bonchev–Trinajstić information content (AvgIpc) is 2.38. The summed E-state index contributed by atoms with van der Waals surface area (Å²) in [6.07, 6.45) is 2.97. The van der Waals surface area contributed by atoms with E-state index in [1.54, 1.807) is 38.8 Å². The first-order valence-corrected chi connectivity index (χ1v) is 7.28.